The van der Waals surface area contributed by atoms with Gasteiger partial charge in [0.15, 0.2) is 0 Å². The lowest BCUT2D eigenvalue weighted by Gasteiger charge is -2.20. The number of aromatic amines is 1. The van der Waals surface area contributed by atoms with E-state index in [9.17, 15) is 14.0 Å². The van der Waals surface area contributed by atoms with E-state index in [-0.39, 0.29) is 24.6 Å². The smallest absolute Gasteiger partial charge is 0.327 e. The van der Waals surface area contributed by atoms with Gasteiger partial charge < -0.3 is 11.1 Å². The number of aryl methyl sites for hydroxylation is 2. The van der Waals surface area contributed by atoms with Crippen LogP contribution in [0.5, 0.6) is 0 Å². The number of nitrogens with one attached hydrogen (secondary N) is 2. The molecule has 1 unspecified atom stereocenters. The number of fused-ring (bicyclic) bond motifs is 1. The molecule has 0 saturated heterocycles. The van der Waals surface area contributed by atoms with E-state index >= 15 is 0 Å². The molecule has 0 aliphatic carbocycles. The van der Waals surface area contributed by atoms with Crippen LogP contribution in [-0.4, -0.2) is 27.2 Å². The monoisotopic (exact) mass is 427 g/mol. The summed E-state index contributed by atoms with van der Waals surface area (Å²) >= 11 is 1.54. The Hall–Kier alpha value is -3.04. The number of rotatable bonds is 6. The van der Waals surface area contributed by atoms with Crippen LogP contribution in [0, 0.1) is 6.92 Å². The molecule has 1 aliphatic heterocycles. The van der Waals surface area contributed by atoms with Gasteiger partial charge in [-0.1, -0.05) is 0 Å². The number of amides is 1. The van der Waals surface area contributed by atoms with Crippen molar-refractivity contribution in [3.8, 4) is 10.4 Å². The van der Waals surface area contributed by atoms with E-state index in [2.05, 4.69) is 21.6 Å². The molecule has 156 valence electrons. The minimum Gasteiger partial charge on any atom is -0.327 e. The van der Waals surface area contributed by atoms with Crippen LogP contribution in [0.3, 0.4) is 0 Å². The average Bonchev–Trinajstić information content (AvgIpc) is 3.39. The van der Waals surface area contributed by atoms with Gasteiger partial charge in [-0.25, -0.2) is 14.3 Å². The van der Waals surface area contributed by atoms with E-state index < -0.39 is 6.04 Å². The maximum atomic E-state index is 13.2. The lowest BCUT2D eigenvalue weighted by atomic mass is 9.96. The molecule has 7 nitrogen and oxygen atoms in total. The molecule has 0 fully saturated rings. The maximum Gasteiger partial charge on any atom is 0.343 e. The summed E-state index contributed by atoms with van der Waals surface area (Å²) in [5.41, 5.74) is 9.79. The first kappa shape index (κ1) is 20.2. The Balaban J connectivity index is 1.71. The third-order valence-electron chi connectivity index (χ3n) is 5.33. The molecule has 0 bridgehead atoms. The molecule has 9 heteroatoms. The van der Waals surface area contributed by atoms with E-state index in [1.54, 1.807) is 11.3 Å². The lowest BCUT2D eigenvalue weighted by Crippen LogP contribution is -2.23. The normalized spacial score (nSPS) is 15.0. The number of nitrogens with zero attached hydrogens (tertiary/aromatic N) is 2. The number of carbonyl (C=O) groups is 1. The highest BCUT2D eigenvalue weighted by molar-refractivity contribution is 7.15. The van der Waals surface area contributed by atoms with Crippen molar-refractivity contribution >= 4 is 22.9 Å². The van der Waals surface area contributed by atoms with Crippen molar-refractivity contribution in [2.75, 3.05) is 11.9 Å². The third kappa shape index (κ3) is 3.86. The second-order valence-corrected chi connectivity index (χ2v) is 8.45. The largest absolute Gasteiger partial charge is 0.343 e. The molecule has 4 rings (SSSR count). The van der Waals surface area contributed by atoms with E-state index in [4.69, 9.17) is 5.73 Å². The molecule has 1 aliphatic rings. The fourth-order valence-corrected chi connectivity index (χ4v) is 4.85. The number of carbonyl (C=O) groups excluding carboxylic acids is 1. The van der Waals surface area contributed by atoms with Gasteiger partial charge >= 0.3 is 5.69 Å². The minimum absolute atomic E-state index is 0.0433. The van der Waals surface area contributed by atoms with E-state index in [1.165, 1.54) is 10.9 Å². The van der Waals surface area contributed by atoms with Gasteiger partial charge in [0.2, 0.25) is 5.91 Å². The van der Waals surface area contributed by atoms with Crippen LogP contribution in [0.25, 0.3) is 10.4 Å². The van der Waals surface area contributed by atoms with Crippen LogP contribution >= 0.6 is 11.3 Å². The van der Waals surface area contributed by atoms with Crippen molar-refractivity contribution in [3.63, 3.8) is 0 Å². The molecule has 3 heterocycles. The lowest BCUT2D eigenvalue weighted by molar-refractivity contribution is -0.116. The van der Waals surface area contributed by atoms with Gasteiger partial charge in [0.05, 0.1) is 12.4 Å². The van der Waals surface area contributed by atoms with Crippen LogP contribution < -0.4 is 16.7 Å². The first-order valence-electron chi connectivity index (χ1n) is 9.63. The first-order chi connectivity index (χ1) is 14.5. The van der Waals surface area contributed by atoms with Crippen molar-refractivity contribution < 1.29 is 9.18 Å². The average molecular weight is 428 g/mol. The number of nitrogens with two attached hydrogens (primary N) is 1. The summed E-state index contributed by atoms with van der Waals surface area (Å²) in [5, 5.41) is 9.16. The summed E-state index contributed by atoms with van der Waals surface area (Å²) in [6.45, 7) is 2.06. The third-order valence-corrected chi connectivity index (χ3v) is 6.56. The number of benzene rings is 1. The number of halogens is 1. The summed E-state index contributed by atoms with van der Waals surface area (Å²) in [6, 6.07) is 7.70. The highest BCUT2D eigenvalue weighted by Gasteiger charge is 2.22. The van der Waals surface area contributed by atoms with Crippen LogP contribution in [0.2, 0.25) is 0 Å². The Bertz CT molecular complexity index is 1180. The molecule has 0 saturated carbocycles. The zero-order valence-electron chi connectivity index (χ0n) is 16.4. The van der Waals surface area contributed by atoms with Gasteiger partial charge in [-0.2, -0.15) is 5.10 Å². The zero-order valence-corrected chi connectivity index (χ0v) is 17.3. The number of hydrogen-bond acceptors (Lipinski definition) is 5. The first-order valence-corrected chi connectivity index (χ1v) is 10.4. The number of hydrogen-bond donors (Lipinski definition) is 3. The van der Waals surface area contributed by atoms with Crippen molar-refractivity contribution in [1.29, 1.82) is 0 Å². The molecular weight excluding hydrogens is 405 g/mol. The summed E-state index contributed by atoms with van der Waals surface area (Å²) in [4.78, 5) is 25.8. The molecule has 1 aromatic carbocycles. The predicted octanol–water partition coefficient (Wildman–Crippen LogP) is 3.28. The highest BCUT2D eigenvalue weighted by atomic mass is 32.1. The molecule has 0 radical (unpaired) electrons. The second-order valence-electron chi connectivity index (χ2n) is 7.34. The van der Waals surface area contributed by atoms with Crippen LogP contribution in [0.1, 0.15) is 34.9 Å². The van der Waals surface area contributed by atoms with E-state index in [1.807, 2.05) is 25.1 Å². The van der Waals surface area contributed by atoms with Crippen molar-refractivity contribution in [2.45, 2.75) is 32.2 Å². The molecule has 4 N–H and O–H groups in total. The van der Waals surface area contributed by atoms with Gasteiger partial charge in [-0.05, 0) is 66.3 Å². The molecule has 2 aromatic heterocycles. The molecule has 1 atom stereocenters. The Morgan fingerprint density at radius 2 is 2.20 bits per heavy atom. The van der Waals surface area contributed by atoms with Crippen LogP contribution in [0.15, 0.2) is 47.3 Å². The Morgan fingerprint density at radius 1 is 1.37 bits per heavy atom. The fourth-order valence-electron chi connectivity index (χ4n) is 3.75. The predicted molar refractivity (Wildman–Crippen MR) is 115 cm³/mol. The van der Waals surface area contributed by atoms with Crippen LogP contribution in [0.4, 0.5) is 10.1 Å². The molecule has 1 amide bonds. The topological polar surface area (TPSA) is 106 Å². The standard InChI is InChI=1S/C21H22FN5O2S/c1-12-6-15(8-14-2-5-19(28)25-20(12)14)17-3-4-18(30-17)16(7-13(9-22)10-23)27-11-24-26-21(27)29/h3-4,6,8-9,11,16H,2,5,7,10,23H2,1H3,(H,25,28)(H,26,29)/b13-9-. The number of H-pyrrole nitrogens is 1. The fraction of sp³-hybridized carbons (Fsp3) is 0.286. The van der Waals surface area contributed by atoms with E-state index in [0.717, 1.165) is 32.1 Å². The summed E-state index contributed by atoms with van der Waals surface area (Å²) < 4.78 is 14.7. The SMILES string of the molecule is Cc1cc(-c2ccc(C(C/C(=C/F)CN)n3cn[nH]c3=O)s2)cc2c1NC(=O)CC2. The number of thiophene rings is 1. The van der Waals surface area contributed by atoms with E-state index in [0.29, 0.717) is 24.7 Å². The van der Waals surface area contributed by atoms with Gasteiger partial charge in [0.1, 0.15) is 6.33 Å². The van der Waals surface area contributed by atoms with Gasteiger partial charge in [-0.3, -0.25) is 9.36 Å². The van der Waals surface area contributed by atoms with Gasteiger partial charge in [-0.15, -0.1) is 11.3 Å². The molecular formula is C21H22FN5O2S. The Kier molecular flexibility index (Phi) is 5.65. The quantitative estimate of drug-likeness (QED) is 0.561. The summed E-state index contributed by atoms with van der Waals surface area (Å²) in [5.74, 6) is 0.0433. The minimum atomic E-state index is -0.404. The van der Waals surface area contributed by atoms with Gasteiger partial charge in [0, 0.05) is 28.4 Å². The highest BCUT2D eigenvalue weighted by Crippen LogP contribution is 2.38. The molecule has 0 spiro atoms. The molecule has 30 heavy (non-hydrogen) atoms. The summed E-state index contributed by atoms with van der Waals surface area (Å²) in [6.07, 6.45) is 3.40. The van der Waals surface area contributed by atoms with Gasteiger partial charge in [0.25, 0.3) is 0 Å². The van der Waals surface area contributed by atoms with Crippen molar-refractivity contribution in [1.82, 2.24) is 14.8 Å². The molecule has 3 aromatic rings. The Morgan fingerprint density at radius 3 is 2.90 bits per heavy atom. The summed E-state index contributed by atoms with van der Waals surface area (Å²) in [7, 11) is 0. The second kappa shape index (κ2) is 8.37. The number of anilines is 1. The number of aromatic nitrogens is 3. The van der Waals surface area contributed by atoms with Crippen molar-refractivity contribution in [3.05, 3.63) is 69.0 Å². The zero-order chi connectivity index (χ0) is 21.3. The van der Waals surface area contributed by atoms with Crippen LogP contribution in [-0.2, 0) is 11.2 Å². The maximum absolute atomic E-state index is 13.2. The Labute approximate surface area is 176 Å². The van der Waals surface area contributed by atoms with Crippen molar-refractivity contribution in [2.24, 2.45) is 5.73 Å².